The number of likely N-dealkylation sites (N-methyl/N-ethyl adjacent to an activating group) is 1. The predicted molar refractivity (Wildman–Crippen MR) is 102 cm³/mol. The highest BCUT2D eigenvalue weighted by Gasteiger charge is 2.53. The van der Waals surface area contributed by atoms with Gasteiger partial charge >= 0.3 is 0 Å². The Morgan fingerprint density at radius 3 is 2.34 bits per heavy atom. The SMILES string of the molecule is CNC(=O)[C@]1(NC(=O)C(C)(C)C)CCCC[C@@H]1O[C@@H]1O[C@H](CO)[C@@H](O)[C@H](O)[C@H]1O. The first kappa shape index (κ1) is 24.0. The van der Waals surface area contributed by atoms with Crippen molar-refractivity contribution in [1.82, 2.24) is 10.6 Å². The van der Waals surface area contributed by atoms with Gasteiger partial charge in [0.2, 0.25) is 11.8 Å². The monoisotopic (exact) mass is 418 g/mol. The van der Waals surface area contributed by atoms with Crippen molar-refractivity contribution in [2.24, 2.45) is 5.41 Å². The fraction of sp³-hybridized carbons (Fsp3) is 0.895. The summed E-state index contributed by atoms with van der Waals surface area (Å²) in [4.78, 5) is 25.6. The number of hydrogen-bond acceptors (Lipinski definition) is 8. The lowest BCUT2D eigenvalue weighted by Gasteiger charge is -2.47. The summed E-state index contributed by atoms with van der Waals surface area (Å²) in [6.07, 6.45) is -5.88. The van der Waals surface area contributed by atoms with Crippen LogP contribution in [0.5, 0.6) is 0 Å². The van der Waals surface area contributed by atoms with Crippen molar-refractivity contribution >= 4 is 11.8 Å². The number of carbonyl (C=O) groups is 2. The Labute approximate surface area is 170 Å². The van der Waals surface area contributed by atoms with Crippen LogP contribution in [0.25, 0.3) is 0 Å². The molecule has 7 atom stereocenters. The van der Waals surface area contributed by atoms with E-state index in [1.54, 1.807) is 20.8 Å². The molecule has 6 N–H and O–H groups in total. The van der Waals surface area contributed by atoms with E-state index in [1.807, 2.05) is 0 Å². The summed E-state index contributed by atoms with van der Waals surface area (Å²) >= 11 is 0. The van der Waals surface area contributed by atoms with E-state index in [2.05, 4.69) is 10.6 Å². The van der Waals surface area contributed by atoms with Gasteiger partial charge in [-0.2, -0.15) is 0 Å². The minimum Gasteiger partial charge on any atom is -0.394 e. The van der Waals surface area contributed by atoms with Crippen LogP contribution in [0.3, 0.4) is 0 Å². The van der Waals surface area contributed by atoms with Crippen molar-refractivity contribution in [1.29, 1.82) is 0 Å². The molecule has 0 spiro atoms. The molecule has 0 aromatic carbocycles. The zero-order valence-electron chi connectivity index (χ0n) is 17.4. The van der Waals surface area contributed by atoms with Crippen LogP contribution in [0.4, 0.5) is 0 Å². The summed E-state index contributed by atoms with van der Waals surface area (Å²) in [6, 6.07) is 0. The lowest BCUT2D eigenvalue weighted by molar-refractivity contribution is -0.317. The molecule has 168 valence electrons. The molecule has 2 aliphatic rings. The van der Waals surface area contributed by atoms with Gasteiger partial charge in [-0.15, -0.1) is 0 Å². The van der Waals surface area contributed by atoms with Gasteiger partial charge in [-0.25, -0.2) is 0 Å². The largest absolute Gasteiger partial charge is 0.394 e. The number of rotatable bonds is 5. The number of aliphatic hydroxyl groups is 4. The molecule has 0 unspecified atom stereocenters. The Morgan fingerprint density at radius 2 is 1.79 bits per heavy atom. The first-order valence-corrected chi connectivity index (χ1v) is 9.98. The van der Waals surface area contributed by atoms with E-state index in [0.29, 0.717) is 19.3 Å². The van der Waals surface area contributed by atoms with Crippen LogP contribution in [0.15, 0.2) is 0 Å². The third-order valence-corrected chi connectivity index (χ3v) is 5.63. The van der Waals surface area contributed by atoms with Crippen LogP contribution < -0.4 is 10.6 Å². The lowest BCUT2D eigenvalue weighted by atomic mass is 9.77. The Balaban J connectivity index is 2.31. The van der Waals surface area contributed by atoms with Gasteiger partial charge in [0.1, 0.15) is 30.0 Å². The summed E-state index contributed by atoms with van der Waals surface area (Å²) in [7, 11) is 1.47. The molecule has 0 bridgehead atoms. The molecular weight excluding hydrogens is 384 g/mol. The number of amides is 2. The van der Waals surface area contributed by atoms with Crippen LogP contribution in [0.1, 0.15) is 46.5 Å². The number of nitrogens with one attached hydrogen (secondary N) is 2. The second-order valence-corrected chi connectivity index (χ2v) is 8.82. The average molecular weight is 418 g/mol. The normalized spacial score (nSPS) is 38.3. The standard InChI is InChI=1S/C19H34N2O8/c1-18(2,3)16(26)21-19(17(27)20-4)8-6-5-7-11(19)29-15-14(25)13(24)12(23)10(9-22)28-15/h10-15,22-25H,5-9H2,1-4H3,(H,20,27)(H,21,26)/t10-,11+,12-,13+,14-,15+,19+/m1/s1. The highest BCUT2D eigenvalue weighted by Crippen LogP contribution is 2.35. The Bertz CT molecular complexity index is 593. The van der Waals surface area contributed by atoms with Crippen LogP contribution in [-0.2, 0) is 19.1 Å². The highest BCUT2D eigenvalue weighted by molar-refractivity contribution is 5.93. The second kappa shape index (κ2) is 9.23. The Morgan fingerprint density at radius 1 is 1.14 bits per heavy atom. The molecule has 0 radical (unpaired) electrons. The molecule has 10 heteroatoms. The zero-order chi connectivity index (χ0) is 22.0. The quantitative estimate of drug-likeness (QED) is 0.311. The molecule has 2 rings (SSSR count). The van der Waals surface area contributed by atoms with E-state index < -0.39 is 60.3 Å². The first-order chi connectivity index (χ1) is 13.5. The van der Waals surface area contributed by atoms with Crippen molar-refractivity contribution < 1.29 is 39.5 Å². The average Bonchev–Trinajstić information content (AvgIpc) is 2.68. The first-order valence-electron chi connectivity index (χ1n) is 9.98. The van der Waals surface area contributed by atoms with E-state index in [0.717, 1.165) is 6.42 Å². The fourth-order valence-corrected chi connectivity index (χ4v) is 3.74. The van der Waals surface area contributed by atoms with Crippen LogP contribution >= 0.6 is 0 Å². The molecule has 1 heterocycles. The summed E-state index contributed by atoms with van der Waals surface area (Å²) in [5, 5.41) is 45.1. The molecule has 29 heavy (non-hydrogen) atoms. The van der Waals surface area contributed by atoms with Gasteiger partial charge in [-0.1, -0.05) is 33.6 Å². The summed E-state index contributed by atoms with van der Waals surface area (Å²) < 4.78 is 11.4. The molecule has 10 nitrogen and oxygen atoms in total. The molecule has 0 aromatic heterocycles. The molecule has 1 saturated carbocycles. The van der Waals surface area contributed by atoms with Crippen LogP contribution in [0.2, 0.25) is 0 Å². The zero-order valence-corrected chi connectivity index (χ0v) is 17.4. The minimum absolute atomic E-state index is 0.328. The second-order valence-electron chi connectivity index (χ2n) is 8.82. The van der Waals surface area contributed by atoms with Gasteiger partial charge in [0.05, 0.1) is 12.7 Å². The fourth-order valence-electron chi connectivity index (χ4n) is 3.74. The summed E-state index contributed by atoms with van der Waals surface area (Å²) in [5.74, 6) is -0.755. The summed E-state index contributed by atoms with van der Waals surface area (Å²) in [6.45, 7) is 4.61. The van der Waals surface area contributed by atoms with Gasteiger partial charge in [-0.3, -0.25) is 9.59 Å². The van der Waals surface area contributed by atoms with Gasteiger partial charge in [0, 0.05) is 12.5 Å². The molecule has 0 aromatic rings. The molecular formula is C19H34N2O8. The van der Waals surface area contributed by atoms with Gasteiger partial charge in [0.15, 0.2) is 6.29 Å². The summed E-state index contributed by atoms with van der Waals surface area (Å²) in [5.41, 5.74) is -2.12. The Kier molecular flexibility index (Phi) is 7.63. The van der Waals surface area contributed by atoms with Crippen molar-refractivity contribution in [2.45, 2.75) is 88.8 Å². The van der Waals surface area contributed by atoms with Gasteiger partial charge in [0.25, 0.3) is 0 Å². The molecule has 1 saturated heterocycles. The molecule has 1 aliphatic heterocycles. The van der Waals surface area contributed by atoms with Crippen molar-refractivity contribution in [3.8, 4) is 0 Å². The van der Waals surface area contributed by atoms with Crippen LogP contribution in [0, 0.1) is 5.41 Å². The number of carbonyl (C=O) groups excluding carboxylic acids is 2. The predicted octanol–water partition coefficient (Wildman–Crippen LogP) is -1.61. The lowest BCUT2D eigenvalue weighted by Crippen LogP contribution is -2.69. The maximum absolute atomic E-state index is 12.9. The minimum atomic E-state index is -1.59. The van der Waals surface area contributed by atoms with E-state index in [4.69, 9.17) is 9.47 Å². The topological polar surface area (TPSA) is 158 Å². The number of aliphatic hydroxyl groups excluding tert-OH is 4. The van der Waals surface area contributed by atoms with E-state index in [1.165, 1.54) is 7.05 Å². The van der Waals surface area contributed by atoms with E-state index in [-0.39, 0.29) is 5.91 Å². The molecule has 2 amide bonds. The molecule has 2 fully saturated rings. The smallest absolute Gasteiger partial charge is 0.248 e. The molecule has 1 aliphatic carbocycles. The van der Waals surface area contributed by atoms with Gasteiger partial charge < -0.3 is 40.5 Å². The highest BCUT2D eigenvalue weighted by atomic mass is 16.7. The Hall–Kier alpha value is -1.30. The maximum Gasteiger partial charge on any atom is 0.248 e. The van der Waals surface area contributed by atoms with Crippen LogP contribution in [-0.4, -0.2) is 88.2 Å². The van der Waals surface area contributed by atoms with E-state index in [9.17, 15) is 30.0 Å². The van der Waals surface area contributed by atoms with Crippen molar-refractivity contribution in [2.75, 3.05) is 13.7 Å². The third-order valence-electron chi connectivity index (χ3n) is 5.63. The van der Waals surface area contributed by atoms with E-state index >= 15 is 0 Å². The van der Waals surface area contributed by atoms with Crippen molar-refractivity contribution in [3.63, 3.8) is 0 Å². The number of ether oxygens (including phenoxy) is 2. The van der Waals surface area contributed by atoms with Gasteiger partial charge in [-0.05, 0) is 12.8 Å². The maximum atomic E-state index is 12.9. The van der Waals surface area contributed by atoms with Crippen molar-refractivity contribution in [3.05, 3.63) is 0 Å². The number of hydrogen-bond donors (Lipinski definition) is 6. The third kappa shape index (κ3) is 4.89.